The molecule has 0 bridgehead atoms. The number of amides is 2. The van der Waals surface area contributed by atoms with Crippen LogP contribution in [0.3, 0.4) is 0 Å². The molecule has 1 aromatic rings. The molecule has 1 aromatic carbocycles. The third kappa shape index (κ3) is 5.98. The molecule has 2 saturated heterocycles. The summed E-state index contributed by atoms with van der Waals surface area (Å²) < 4.78 is 5.39. The number of hydrogen-bond acceptors (Lipinski definition) is 4. The quantitative estimate of drug-likeness (QED) is 0.709. The van der Waals surface area contributed by atoms with Crippen LogP contribution in [-0.4, -0.2) is 76.2 Å². The normalized spacial score (nSPS) is 26.1. The highest BCUT2D eigenvalue weighted by atomic mass is 16.5. The molecule has 1 aliphatic carbocycles. The third-order valence-corrected chi connectivity index (χ3v) is 7.22. The Bertz CT molecular complexity index is 748. The van der Waals surface area contributed by atoms with Gasteiger partial charge in [-0.3, -0.25) is 9.59 Å². The molecule has 1 saturated carbocycles. The summed E-state index contributed by atoms with van der Waals surface area (Å²) in [5.41, 5.74) is 1.89. The van der Waals surface area contributed by atoms with Crippen molar-refractivity contribution in [3.05, 3.63) is 24.3 Å². The van der Waals surface area contributed by atoms with Crippen molar-refractivity contribution in [3.63, 3.8) is 0 Å². The predicted octanol–water partition coefficient (Wildman–Crippen LogP) is 1.02. The Morgan fingerprint density at radius 1 is 1.10 bits per heavy atom. The maximum Gasteiger partial charge on any atom is 0.277 e. The fraction of sp³-hybridized carbons (Fsp3) is 0.667. The average Bonchev–Trinajstić information content (AvgIpc) is 2.80. The van der Waals surface area contributed by atoms with Crippen LogP contribution in [0.2, 0.25) is 0 Å². The zero-order valence-corrected chi connectivity index (χ0v) is 18.8. The van der Waals surface area contributed by atoms with Gasteiger partial charge < -0.3 is 24.8 Å². The second kappa shape index (κ2) is 10.5. The van der Waals surface area contributed by atoms with Crippen LogP contribution in [-0.2, 0) is 14.3 Å². The number of likely N-dealkylation sites (N-methyl/N-ethyl adjacent to an activating group) is 1. The molecule has 3 aliphatic rings. The molecule has 2 heterocycles. The number of rotatable bonds is 6. The zero-order chi connectivity index (χ0) is 21.6. The van der Waals surface area contributed by atoms with Gasteiger partial charge in [0.15, 0.2) is 6.54 Å². The molecule has 0 aromatic heterocycles. The Morgan fingerprint density at radius 3 is 2.55 bits per heavy atom. The van der Waals surface area contributed by atoms with Crippen LogP contribution in [0.4, 0.5) is 11.4 Å². The van der Waals surface area contributed by atoms with Gasteiger partial charge in [-0.05, 0) is 49.4 Å². The molecule has 0 radical (unpaired) electrons. The summed E-state index contributed by atoms with van der Waals surface area (Å²) in [7, 11) is 1.73. The number of ether oxygens (including phenoxy) is 1. The van der Waals surface area contributed by atoms with Gasteiger partial charge in [-0.15, -0.1) is 0 Å². The van der Waals surface area contributed by atoms with Crippen LogP contribution in [0.5, 0.6) is 0 Å². The molecule has 7 heteroatoms. The number of carbonyl (C=O) groups is 2. The molecule has 3 fully saturated rings. The highest BCUT2D eigenvalue weighted by Crippen LogP contribution is 2.32. The van der Waals surface area contributed by atoms with Crippen molar-refractivity contribution in [2.24, 2.45) is 11.8 Å². The summed E-state index contributed by atoms with van der Waals surface area (Å²) >= 11 is 0. The van der Waals surface area contributed by atoms with Gasteiger partial charge in [0.05, 0.1) is 32.8 Å². The lowest BCUT2D eigenvalue weighted by Crippen LogP contribution is -3.15. The van der Waals surface area contributed by atoms with Crippen LogP contribution in [0.1, 0.15) is 32.1 Å². The van der Waals surface area contributed by atoms with Gasteiger partial charge in [-0.1, -0.05) is 12.8 Å². The number of piperidine rings is 1. The maximum atomic E-state index is 12.7. The number of fused-ring (bicyclic) bond motifs is 1. The van der Waals surface area contributed by atoms with E-state index in [-0.39, 0.29) is 18.4 Å². The van der Waals surface area contributed by atoms with E-state index in [0.717, 1.165) is 62.6 Å². The fourth-order valence-corrected chi connectivity index (χ4v) is 5.39. The van der Waals surface area contributed by atoms with E-state index in [1.54, 1.807) is 11.9 Å². The minimum Gasteiger partial charge on any atom is -0.378 e. The van der Waals surface area contributed by atoms with Crippen LogP contribution in [0, 0.1) is 11.8 Å². The standard InChI is InChI=1S/C24H36N4O3/c1-26(24(30)18-27-11-10-19-4-2-3-5-20(19)16-27)17-23(29)25-21-6-8-22(9-7-21)28-12-14-31-15-13-28/h6-9,19-20H,2-5,10-18H2,1H3,(H,25,29)/p+1/t19-,20-/m1/s1. The van der Waals surface area contributed by atoms with Crippen LogP contribution >= 0.6 is 0 Å². The minimum absolute atomic E-state index is 0.0575. The highest BCUT2D eigenvalue weighted by Gasteiger charge is 2.34. The Hall–Kier alpha value is -2.12. The first-order valence-corrected chi connectivity index (χ1v) is 11.9. The maximum absolute atomic E-state index is 12.7. The Morgan fingerprint density at radius 2 is 1.81 bits per heavy atom. The summed E-state index contributed by atoms with van der Waals surface area (Å²) in [4.78, 5) is 30.4. The molecule has 170 valence electrons. The second-order valence-electron chi connectivity index (χ2n) is 9.42. The summed E-state index contributed by atoms with van der Waals surface area (Å²) in [6, 6.07) is 7.88. The van der Waals surface area contributed by atoms with Gasteiger partial charge in [0.2, 0.25) is 5.91 Å². The Kier molecular flexibility index (Phi) is 7.45. The molecule has 7 nitrogen and oxygen atoms in total. The lowest BCUT2D eigenvalue weighted by molar-refractivity contribution is -0.903. The molecule has 2 aliphatic heterocycles. The number of quaternary nitrogens is 1. The number of hydrogen-bond donors (Lipinski definition) is 2. The molecule has 1 unspecified atom stereocenters. The van der Waals surface area contributed by atoms with Crippen LogP contribution in [0.15, 0.2) is 24.3 Å². The number of carbonyl (C=O) groups excluding carboxylic acids is 2. The second-order valence-corrected chi connectivity index (χ2v) is 9.42. The molecular formula is C24H37N4O3+. The van der Waals surface area contributed by atoms with Gasteiger partial charge >= 0.3 is 0 Å². The first-order valence-electron chi connectivity index (χ1n) is 11.9. The number of nitrogens with one attached hydrogen (secondary N) is 2. The third-order valence-electron chi connectivity index (χ3n) is 7.22. The Labute approximate surface area is 185 Å². The van der Waals surface area contributed by atoms with Gasteiger partial charge in [0.25, 0.3) is 5.91 Å². The number of morpholine rings is 1. The minimum atomic E-state index is -0.157. The first kappa shape index (κ1) is 22.1. The summed E-state index contributed by atoms with van der Waals surface area (Å²) in [5.74, 6) is 1.57. The van der Waals surface area contributed by atoms with Crippen LogP contribution < -0.4 is 15.1 Å². The van der Waals surface area contributed by atoms with Gasteiger partial charge in [-0.2, -0.15) is 0 Å². The monoisotopic (exact) mass is 429 g/mol. The van der Waals surface area contributed by atoms with Crippen molar-refractivity contribution >= 4 is 23.2 Å². The molecule has 2 N–H and O–H groups in total. The van der Waals surface area contributed by atoms with Crippen molar-refractivity contribution in [2.45, 2.75) is 32.1 Å². The summed E-state index contributed by atoms with van der Waals surface area (Å²) in [6.45, 7) is 6.06. The zero-order valence-electron chi connectivity index (χ0n) is 18.8. The largest absolute Gasteiger partial charge is 0.378 e. The smallest absolute Gasteiger partial charge is 0.277 e. The van der Waals surface area contributed by atoms with Crippen molar-refractivity contribution in [2.75, 3.05) is 69.7 Å². The van der Waals surface area contributed by atoms with Crippen molar-refractivity contribution in [1.29, 1.82) is 0 Å². The summed E-state index contributed by atoms with van der Waals surface area (Å²) in [5, 5.41) is 2.92. The van der Waals surface area contributed by atoms with Gasteiger partial charge in [0.1, 0.15) is 0 Å². The molecule has 2 amide bonds. The number of nitrogens with zero attached hydrogens (tertiary/aromatic N) is 2. The number of likely N-dealkylation sites (tertiary alicyclic amines) is 1. The van der Waals surface area contributed by atoms with E-state index < -0.39 is 0 Å². The first-order chi connectivity index (χ1) is 15.1. The van der Waals surface area contributed by atoms with Crippen molar-refractivity contribution < 1.29 is 19.2 Å². The molecule has 0 spiro atoms. The van der Waals surface area contributed by atoms with E-state index in [4.69, 9.17) is 4.74 Å². The van der Waals surface area contributed by atoms with E-state index in [0.29, 0.717) is 6.54 Å². The average molecular weight is 430 g/mol. The van der Waals surface area contributed by atoms with Crippen molar-refractivity contribution in [1.82, 2.24) is 4.90 Å². The number of benzene rings is 1. The molecule has 4 rings (SSSR count). The summed E-state index contributed by atoms with van der Waals surface area (Å²) in [6.07, 6.45) is 6.67. The van der Waals surface area contributed by atoms with E-state index >= 15 is 0 Å². The molecule has 3 atom stereocenters. The predicted molar refractivity (Wildman–Crippen MR) is 121 cm³/mol. The van der Waals surface area contributed by atoms with Gasteiger partial charge in [0, 0.05) is 37.4 Å². The van der Waals surface area contributed by atoms with E-state index in [1.165, 1.54) is 37.0 Å². The van der Waals surface area contributed by atoms with E-state index in [9.17, 15) is 9.59 Å². The lowest BCUT2D eigenvalue weighted by Gasteiger charge is -2.38. The topological polar surface area (TPSA) is 66.3 Å². The van der Waals surface area contributed by atoms with E-state index in [2.05, 4.69) is 10.2 Å². The van der Waals surface area contributed by atoms with E-state index in [1.807, 2.05) is 24.3 Å². The number of anilines is 2. The lowest BCUT2D eigenvalue weighted by atomic mass is 9.75. The molecule has 31 heavy (non-hydrogen) atoms. The highest BCUT2D eigenvalue weighted by molar-refractivity contribution is 5.94. The fourth-order valence-electron chi connectivity index (χ4n) is 5.39. The molecular weight excluding hydrogens is 392 g/mol. The Balaban J connectivity index is 1.21. The van der Waals surface area contributed by atoms with Crippen LogP contribution in [0.25, 0.3) is 0 Å². The SMILES string of the molecule is CN(CC(=O)Nc1ccc(N2CCOCC2)cc1)C(=O)C[NH+]1CC[C@H]2CCCC[C@@H]2C1. The van der Waals surface area contributed by atoms with Crippen molar-refractivity contribution in [3.8, 4) is 0 Å². The van der Waals surface area contributed by atoms with Gasteiger partial charge in [-0.25, -0.2) is 0 Å².